The number of imidazole rings is 1. The van der Waals surface area contributed by atoms with E-state index in [2.05, 4.69) is 15.0 Å². The lowest BCUT2D eigenvalue weighted by Gasteiger charge is -2.04. The maximum Gasteiger partial charge on any atom is 0.187 e. The van der Waals surface area contributed by atoms with Gasteiger partial charge in [-0.15, -0.1) is 0 Å². The molecule has 0 spiro atoms. The zero-order valence-electron chi connectivity index (χ0n) is 12.7. The van der Waals surface area contributed by atoms with Gasteiger partial charge in [-0.2, -0.15) is 0 Å². The van der Waals surface area contributed by atoms with Gasteiger partial charge in [0.2, 0.25) is 0 Å². The van der Waals surface area contributed by atoms with Gasteiger partial charge in [-0.1, -0.05) is 11.8 Å². The van der Waals surface area contributed by atoms with Gasteiger partial charge in [-0.05, 0) is 26.0 Å². The summed E-state index contributed by atoms with van der Waals surface area (Å²) in [5, 5.41) is 0.823. The number of hydrogen-bond acceptors (Lipinski definition) is 4. The van der Waals surface area contributed by atoms with Crippen molar-refractivity contribution >= 4 is 22.8 Å². The average Bonchev–Trinajstić information content (AvgIpc) is 2.93. The summed E-state index contributed by atoms with van der Waals surface area (Å²) in [4.78, 5) is 22.9. The second-order valence-electron chi connectivity index (χ2n) is 5.12. The van der Waals surface area contributed by atoms with Crippen molar-refractivity contribution in [3.8, 4) is 5.75 Å². The van der Waals surface area contributed by atoms with Gasteiger partial charge in [0, 0.05) is 34.8 Å². The highest BCUT2D eigenvalue weighted by atomic mass is 32.2. The van der Waals surface area contributed by atoms with E-state index in [0.29, 0.717) is 5.75 Å². The van der Waals surface area contributed by atoms with E-state index in [0.717, 1.165) is 38.8 Å². The Labute approximate surface area is 132 Å². The third kappa shape index (κ3) is 2.74. The number of ether oxygens (including phenoxy) is 1. The molecule has 0 radical (unpaired) electrons. The largest absolute Gasteiger partial charge is 0.497 e. The molecule has 0 atom stereocenters. The summed E-state index contributed by atoms with van der Waals surface area (Å²) in [7, 11) is 1.64. The first-order valence-corrected chi connectivity index (χ1v) is 7.91. The van der Waals surface area contributed by atoms with E-state index in [-0.39, 0.29) is 5.43 Å². The van der Waals surface area contributed by atoms with E-state index in [1.165, 1.54) is 0 Å². The number of benzene rings is 1. The second-order valence-corrected chi connectivity index (χ2v) is 6.08. The van der Waals surface area contributed by atoms with Crippen LogP contribution >= 0.6 is 11.8 Å². The molecule has 1 aromatic carbocycles. The number of aromatic nitrogens is 3. The molecule has 0 unspecified atom stereocenters. The molecule has 2 N–H and O–H groups in total. The van der Waals surface area contributed by atoms with Crippen LogP contribution in [0.4, 0.5) is 0 Å². The second kappa shape index (κ2) is 5.88. The summed E-state index contributed by atoms with van der Waals surface area (Å²) < 4.78 is 5.21. The number of nitrogens with one attached hydrogen (secondary N) is 2. The van der Waals surface area contributed by atoms with Gasteiger partial charge in [0.15, 0.2) is 10.6 Å². The maximum absolute atomic E-state index is 11.9. The van der Waals surface area contributed by atoms with Crippen molar-refractivity contribution in [2.45, 2.75) is 24.8 Å². The molecular formula is C16H17N3O2S. The Kier molecular flexibility index (Phi) is 3.94. The third-order valence-electron chi connectivity index (χ3n) is 3.63. The van der Waals surface area contributed by atoms with Crippen molar-refractivity contribution in [1.82, 2.24) is 15.0 Å². The molecule has 2 aromatic heterocycles. The Balaban J connectivity index is 1.82. The molecule has 0 fully saturated rings. The number of rotatable bonds is 4. The highest BCUT2D eigenvalue weighted by Gasteiger charge is 2.08. The Hall–Kier alpha value is -2.21. The third-order valence-corrected chi connectivity index (χ3v) is 4.53. The summed E-state index contributed by atoms with van der Waals surface area (Å²) in [6.45, 7) is 3.67. The SMILES string of the molecule is COc1ccc2nc(SCc3[nH]cc(C)c(=O)c3C)[nH]c2c1. The number of H-pyrrole nitrogens is 2. The van der Waals surface area contributed by atoms with Crippen molar-refractivity contribution in [3.63, 3.8) is 0 Å². The fourth-order valence-corrected chi connectivity index (χ4v) is 3.18. The van der Waals surface area contributed by atoms with Crippen LogP contribution in [0.5, 0.6) is 5.75 Å². The predicted octanol–water partition coefficient (Wildman–Crippen LogP) is 3.17. The van der Waals surface area contributed by atoms with Crippen molar-refractivity contribution in [2.24, 2.45) is 0 Å². The molecule has 2 heterocycles. The first-order chi connectivity index (χ1) is 10.6. The van der Waals surface area contributed by atoms with Crippen LogP contribution in [-0.2, 0) is 5.75 Å². The number of pyridine rings is 1. The number of thioether (sulfide) groups is 1. The fourth-order valence-electron chi connectivity index (χ4n) is 2.25. The maximum atomic E-state index is 11.9. The Morgan fingerprint density at radius 1 is 1.32 bits per heavy atom. The molecule has 22 heavy (non-hydrogen) atoms. The van der Waals surface area contributed by atoms with Crippen LogP contribution < -0.4 is 10.2 Å². The van der Waals surface area contributed by atoms with E-state index >= 15 is 0 Å². The van der Waals surface area contributed by atoms with Gasteiger partial charge < -0.3 is 14.7 Å². The number of nitrogens with zero attached hydrogens (tertiary/aromatic N) is 1. The average molecular weight is 315 g/mol. The molecule has 0 aliphatic rings. The minimum Gasteiger partial charge on any atom is -0.497 e. The van der Waals surface area contributed by atoms with Crippen molar-refractivity contribution < 1.29 is 4.74 Å². The smallest absolute Gasteiger partial charge is 0.187 e. The predicted molar refractivity (Wildman–Crippen MR) is 88.7 cm³/mol. The van der Waals surface area contributed by atoms with Gasteiger partial charge >= 0.3 is 0 Å². The Morgan fingerprint density at radius 2 is 2.14 bits per heavy atom. The highest BCUT2D eigenvalue weighted by molar-refractivity contribution is 7.98. The molecule has 0 saturated carbocycles. The standard InChI is InChI=1S/C16H17N3O2S/c1-9-7-17-14(10(2)15(9)20)8-22-16-18-12-5-4-11(21-3)6-13(12)19-16/h4-7H,8H2,1-3H3,(H,17,20)(H,18,19). The lowest BCUT2D eigenvalue weighted by atomic mass is 10.2. The van der Waals surface area contributed by atoms with Crippen LogP contribution in [0.15, 0.2) is 34.3 Å². The Bertz CT molecular complexity index is 883. The minimum absolute atomic E-state index is 0.101. The lowest BCUT2D eigenvalue weighted by Crippen LogP contribution is -2.12. The zero-order valence-corrected chi connectivity index (χ0v) is 13.5. The number of aromatic amines is 2. The minimum atomic E-state index is 0.101. The van der Waals surface area contributed by atoms with Crippen LogP contribution in [0, 0.1) is 13.8 Å². The molecule has 114 valence electrons. The van der Waals surface area contributed by atoms with Crippen molar-refractivity contribution in [1.29, 1.82) is 0 Å². The van der Waals surface area contributed by atoms with Gasteiger partial charge in [0.25, 0.3) is 0 Å². The Morgan fingerprint density at radius 3 is 2.91 bits per heavy atom. The van der Waals surface area contributed by atoms with E-state index in [1.54, 1.807) is 25.1 Å². The molecule has 0 aliphatic carbocycles. The number of hydrogen-bond donors (Lipinski definition) is 2. The monoisotopic (exact) mass is 315 g/mol. The molecule has 3 rings (SSSR count). The van der Waals surface area contributed by atoms with Crippen LogP contribution in [0.1, 0.15) is 16.8 Å². The normalized spacial score (nSPS) is 11.0. The molecule has 0 bridgehead atoms. The summed E-state index contributed by atoms with van der Waals surface area (Å²) in [5.41, 5.74) is 4.38. The molecule has 0 amide bonds. The molecule has 0 saturated heterocycles. The summed E-state index contributed by atoms with van der Waals surface area (Å²) in [6, 6.07) is 5.73. The van der Waals surface area contributed by atoms with Gasteiger partial charge in [-0.25, -0.2) is 4.98 Å². The van der Waals surface area contributed by atoms with E-state index in [4.69, 9.17) is 4.74 Å². The quantitative estimate of drug-likeness (QED) is 0.726. The molecule has 0 aliphatic heterocycles. The van der Waals surface area contributed by atoms with Gasteiger partial charge in [0.1, 0.15) is 5.75 Å². The number of methoxy groups -OCH3 is 1. The van der Waals surface area contributed by atoms with E-state index in [1.807, 2.05) is 32.0 Å². The van der Waals surface area contributed by atoms with E-state index < -0.39 is 0 Å². The first kappa shape index (κ1) is 14.7. The van der Waals surface area contributed by atoms with Crippen LogP contribution in [-0.4, -0.2) is 22.1 Å². The molecule has 6 heteroatoms. The summed E-state index contributed by atoms with van der Waals surface area (Å²) in [5.74, 6) is 1.46. The van der Waals surface area contributed by atoms with Crippen LogP contribution in [0.2, 0.25) is 0 Å². The summed E-state index contributed by atoms with van der Waals surface area (Å²) >= 11 is 1.56. The molecule has 5 nitrogen and oxygen atoms in total. The fraction of sp³-hybridized carbons (Fsp3) is 0.250. The van der Waals surface area contributed by atoms with Gasteiger partial charge in [0.05, 0.1) is 18.1 Å². The molecular weight excluding hydrogens is 298 g/mol. The lowest BCUT2D eigenvalue weighted by molar-refractivity contribution is 0.415. The van der Waals surface area contributed by atoms with E-state index in [9.17, 15) is 4.79 Å². The number of aryl methyl sites for hydroxylation is 1. The van der Waals surface area contributed by atoms with Crippen molar-refractivity contribution in [2.75, 3.05) is 7.11 Å². The van der Waals surface area contributed by atoms with Gasteiger partial charge in [-0.3, -0.25) is 4.79 Å². The highest BCUT2D eigenvalue weighted by Crippen LogP contribution is 2.25. The zero-order chi connectivity index (χ0) is 15.7. The van der Waals surface area contributed by atoms with Crippen LogP contribution in [0.3, 0.4) is 0 Å². The number of fused-ring (bicyclic) bond motifs is 1. The molecule has 3 aromatic rings. The summed E-state index contributed by atoms with van der Waals surface area (Å²) in [6.07, 6.45) is 1.76. The first-order valence-electron chi connectivity index (χ1n) is 6.93. The van der Waals surface area contributed by atoms with Crippen molar-refractivity contribution in [3.05, 3.63) is 51.4 Å². The van der Waals surface area contributed by atoms with Crippen LogP contribution in [0.25, 0.3) is 11.0 Å². The topological polar surface area (TPSA) is 70.8 Å².